The van der Waals surface area contributed by atoms with E-state index in [9.17, 15) is 4.79 Å². The van der Waals surface area contributed by atoms with Gasteiger partial charge in [-0.25, -0.2) is 0 Å². The van der Waals surface area contributed by atoms with Crippen molar-refractivity contribution in [2.45, 2.75) is 12.6 Å². The molecule has 0 radical (unpaired) electrons. The van der Waals surface area contributed by atoms with Gasteiger partial charge in [0.25, 0.3) is 5.91 Å². The van der Waals surface area contributed by atoms with Crippen LogP contribution in [-0.4, -0.2) is 65.5 Å². The average Bonchev–Trinajstić information content (AvgIpc) is 3.39. The van der Waals surface area contributed by atoms with Crippen LogP contribution >= 0.6 is 0 Å². The van der Waals surface area contributed by atoms with E-state index in [4.69, 9.17) is 14.6 Å². The fourth-order valence-corrected chi connectivity index (χ4v) is 4.61. The van der Waals surface area contributed by atoms with E-state index in [1.54, 1.807) is 19.5 Å². The molecule has 4 aromatic rings. The predicted octanol–water partition coefficient (Wildman–Crippen LogP) is 3.81. The van der Waals surface area contributed by atoms with Gasteiger partial charge in [0.1, 0.15) is 11.4 Å². The van der Waals surface area contributed by atoms with Crippen LogP contribution in [0, 0.1) is 0 Å². The number of nitrogens with one attached hydrogen (secondary N) is 1. The number of ether oxygens (including phenoxy) is 2. The van der Waals surface area contributed by atoms with E-state index in [2.05, 4.69) is 27.3 Å². The second-order valence-electron chi connectivity index (χ2n) is 8.96. The van der Waals surface area contributed by atoms with Crippen molar-refractivity contribution >= 4 is 5.91 Å². The third-order valence-electron chi connectivity index (χ3n) is 6.57. The SMILES string of the molecule is COc1ccc([C@H](CNC(=O)c2cn(Cc3ccccc3)nc2-c2cccnc2)N2CCOCC2)cc1. The van der Waals surface area contributed by atoms with Crippen molar-refractivity contribution in [1.29, 1.82) is 0 Å². The Labute approximate surface area is 216 Å². The van der Waals surface area contributed by atoms with Crippen LogP contribution in [0.3, 0.4) is 0 Å². The van der Waals surface area contributed by atoms with Gasteiger partial charge in [0.15, 0.2) is 0 Å². The number of nitrogens with zero attached hydrogens (tertiary/aromatic N) is 4. The second-order valence-corrected chi connectivity index (χ2v) is 8.96. The zero-order valence-electron chi connectivity index (χ0n) is 20.9. The molecule has 5 rings (SSSR count). The lowest BCUT2D eigenvalue weighted by molar-refractivity contribution is 0.0162. The van der Waals surface area contributed by atoms with Gasteiger partial charge in [-0.3, -0.25) is 19.4 Å². The molecule has 1 aliphatic heterocycles. The molecule has 37 heavy (non-hydrogen) atoms. The number of morpholine rings is 1. The molecule has 2 aromatic heterocycles. The third kappa shape index (κ3) is 6.04. The summed E-state index contributed by atoms with van der Waals surface area (Å²) in [4.78, 5) is 20.2. The van der Waals surface area contributed by atoms with Crippen LogP contribution in [0.25, 0.3) is 11.3 Å². The molecule has 8 heteroatoms. The minimum absolute atomic E-state index is 0.0139. The zero-order valence-corrected chi connectivity index (χ0v) is 20.9. The number of methoxy groups -OCH3 is 1. The molecule has 190 valence electrons. The first-order valence-electron chi connectivity index (χ1n) is 12.5. The molecule has 0 spiro atoms. The summed E-state index contributed by atoms with van der Waals surface area (Å²) in [7, 11) is 1.66. The van der Waals surface area contributed by atoms with Crippen molar-refractivity contribution in [3.63, 3.8) is 0 Å². The van der Waals surface area contributed by atoms with Gasteiger partial charge in [0.2, 0.25) is 0 Å². The quantitative estimate of drug-likeness (QED) is 0.379. The van der Waals surface area contributed by atoms with Crippen LogP contribution in [0.5, 0.6) is 5.75 Å². The molecular weight excluding hydrogens is 466 g/mol. The van der Waals surface area contributed by atoms with E-state index in [0.29, 0.717) is 37.6 Å². The lowest BCUT2D eigenvalue weighted by atomic mass is 10.0. The van der Waals surface area contributed by atoms with Crippen molar-refractivity contribution in [3.05, 3.63) is 102 Å². The first-order chi connectivity index (χ1) is 18.2. The van der Waals surface area contributed by atoms with Crippen LogP contribution in [0.15, 0.2) is 85.3 Å². The van der Waals surface area contributed by atoms with E-state index in [1.807, 2.05) is 65.5 Å². The van der Waals surface area contributed by atoms with E-state index >= 15 is 0 Å². The monoisotopic (exact) mass is 497 g/mol. The molecule has 2 aromatic carbocycles. The van der Waals surface area contributed by atoms with Crippen LogP contribution in [0.4, 0.5) is 0 Å². The largest absolute Gasteiger partial charge is 0.497 e. The average molecular weight is 498 g/mol. The van der Waals surface area contributed by atoms with Gasteiger partial charge in [-0.05, 0) is 35.4 Å². The Bertz CT molecular complexity index is 1290. The standard InChI is InChI=1S/C29H31N5O3/c1-36-25-11-9-23(10-12-25)27(33-14-16-37-17-15-33)19-31-29(35)26-21-34(20-22-6-3-2-4-7-22)32-28(26)24-8-5-13-30-18-24/h2-13,18,21,27H,14-17,19-20H2,1H3,(H,31,35)/t27-/m0/s1. The Hall–Kier alpha value is -4.01. The Kier molecular flexibility index (Phi) is 7.88. The molecule has 1 atom stereocenters. The number of carbonyl (C=O) groups is 1. The summed E-state index contributed by atoms with van der Waals surface area (Å²) in [6, 6.07) is 21.9. The molecule has 1 aliphatic rings. The van der Waals surface area contributed by atoms with Gasteiger partial charge in [0.05, 0.1) is 38.5 Å². The minimum atomic E-state index is -0.162. The summed E-state index contributed by atoms with van der Waals surface area (Å²) < 4.78 is 12.7. The van der Waals surface area contributed by atoms with Gasteiger partial charge in [-0.15, -0.1) is 0 Å². The van der Waals surface area contributed by atoms with Crippen molar-refractivity contribution in [1.82, 2.24) is 25.0 Å². The number of pyridine rings is 1. The number of carbonyl (C=O) groups excluding carboxylic acids is 1. The Morgan fingerprint density at radius 3 is 2.54 bits per heavy atom. The fourth-order valence-electron chi connectivity index (χ4n) is 4.61. The highest BCUT2D eigenvalue weighted by molar-refractivity contribution is 5.99. The van der Waals surface area contributed by atoms with E-state index in [1.165, 1.54) is 0 Å². The first kappa shape index (κ1) is 24.7. The molecule has 3 heterocycles. The summed E-state index contributed by atoms with van der Waals surface area (Å²) >= 11 is 0. The van der Waals surface area contributed by atoms with Crippen LogP contribution in [0.2, 0.25) is 0 Å². The zero-order chi connectivity index (χ0) is 25.5. The summed E-state index contributed by atoms with van der Waals surface area (Å²) in [5, 5.41) is 7.95. The third-order valence-corrected chi connectivity index (χ3v) is 6.57. The van der Waals surface area contributed by atoms with E-state index in [0.717, 1.165) is 35.5 Å². The number of benzene rings is 2. The van der Waals surface area contributed by atoms with Gasteiger partial charge < -0.3 is 14.8 Å². The van der Waals surface area contributed by atoms with Crippen LogP contribution in [0.1, 0.15) is 27.5 Å². The Morgan fingerprint density at radius 1 is 1.05 bits per heavy atom. The summed E-state index contributed by atoms with van der Waals surface area (Å²) in [6.45, 7) is 4.01. The fraction of sp³-hybridized carbons (Fsp3) is 0.276. The molecule has 0 bridgehead atoms. The Morgan fingerprint density at radius 2 is 1.84 bits per heavy atom. The Balaban J connectivity index is 1.39. The normalized spacial score (nSPS) is 14.7. The number of aromatic nitrogens is 3. The molecule has 0 aliphatic carbocycles. The summed E-state index contributed by atoms with van der Waals surface area (Å²) in [6.07, 6.45) is 5.27. The van der Waals surface area contributed by atoms with Crippen LogP contribution in [-0.2, 0) is 11.3 Å². The molecule has 1 fully saturated rings. The van der Waals surface area contributed by atoms with Crippen LogP contribution < -0.4 is 10.1 Å². The van der Waals surface area contributed by atoms with E-state index < -0.39 is 0 Å². The number of rotatable bonds is 9. The van der Waals surface area contributed by atoms with Crippen molar-refractivity contribution in [2.75, 3.05) is 40.0 Å². The minimum Gasteiger partial charge on any atom is -0.497 e. The predicted molar refractivity (Wildman–Crippen MR) is 141 cm³/mol. The highest BCUT2D eigenvalue weighted by Crippen LogP contribution is 2.25. The molecular formula is C29H31N5O3. The number of hydrogen-bond donors (Lipinski definition) is 1. The molecule has 1 amide bonds. The highest BCUT2D eigenvalue weighted by Gasteiger charge is 2.25. The smallest absolute Gasteiger partial charge is 0.255 e. The number of hydrogen-bond acceptors (Lipinski definition) is 6. The molecule has 1 saturated heterocycles. The lowest BCUT2D eigenvalue weighted by Gasteiger charge is -2.35. The molecule has 8 nitrogen and oxygen atoms in total. The maximum absolute atomic E-state index is 13.6. The summed E-state index contributed by atoms with van der Waals surface area (Å²) in [5.74, 6) is 0.644. The van der Waals surface area contributed by atoms with Crippen molar-refractivity contribution < 1.29 is 14.3 Å². The van der Waals surface area contributed by atoms with E-state index in [-0.39, 0.29) is 11.9 Å². The summed E-state index contributed by atoms with van der Waals surface area (Å²) in [5.41, 5.74) is 4.18. The molecule has 0 unspecified atom stereocenters. The molecule has 1 N–H and O–H groups in total. The lowest BCUT2D eigenvalue weighted by Crippen LogP contribution is -2.43. The second kappa shape index (κ2) is 11.8. The maximum atomic E-state index is 13.6. The number of amides is 1. The maximum Gasteiger partial charge on any atom is 0.255 e. The van der Waals surface area contributed by atoms with Gasteiger partial charge in [-0.2, -0.15) is 5.10 Å². The highest BCUT2D eigenvalue weighted by atomic mass is 16.5. The topological polar surface area (TPSA) is 81.5 Å². The molecule has 0 saturated carbocycles. The first-order valence-corrected chi connectivity index (χ1v) is 12.5. The van der Waals surface area contributed by atoms with Gasteiger partial charge in [0, 0.05) is 43.8 Å². The van der Waals surface area contributed by atoms with Crippen molar-refractivity contribution in [3.8, 4) is 17.0 Å². The van der Waals surface area contributed by atoms with Gasteiger partial charge >= 0.3 is 0 Å². The van der Waals surface area contributed by atoms with Crippen molar-refractivity contribution in [2.24, 2.45) is 0 Å². The van der Waals surface area contributed by atoms with Gasteiger partial charge in [-0.1, -0.05) is 42.5 Å².